The zero-order valence-electron chi connectivity index (χ0n) is 33.4. The second-order valence-corrected chi connectivity index (χ2v) is 16.7. The maximum Gasteiger partial charge on any atom is 0.311 e. The molecule has 3 aromatic carbocycles. The van der Waals surface area contributed by atoms with Crippen molar-refractivity contribution in [1.29, 1.82) is 0 Å². The van der Waals surface area contributed by atoms with Gasteiger partial charge in [-0.05, 0) is 65.2 Å². The van der Waals surface area contributed by atoms with Gasteiger partial charge < -0.3 is 52.1 Å². The van der Waals surface area contributed by atoms with E-state index in [9.17, 15) is 4.79 Å². The molecule has 4 fully saturated rings. The molecule has 0 aliphatic carbocycles. The SMILES string of the molecule is CC1(C)O[C@@H]2[C@@H](O1)[C@@H](CO[C@@H]1O[C@H](COCc3ccccc3)[C@@H](OCc3ccccc3)[C@H](OCc3ccccc3)[C@H]1OC(=O)C(C)(C)C)O[C@@H]1OC(C)(C)O[C@@H]12. The quantitative estimate of drug-likeness (QED) is 0.167. The number of hydrogen-bond donors (Lipinski definition) is 0. The molecule has 0 saturated carbocycles. The molecule has 0 radical (unpaired) electrons. The summed E-state index contributed by atoms with van der Waals surface area (Å²) in [7, 11) is 0. The smallest absolute Gasteiger partial charge is 0.311 e. The van der Waals surface area contributed by atoms with Crippen LogP contribution in [0.5, 0.6) is 0 Å². The highest BCUT2D eigenvalue weighted by atomic mass is 16.9. The molecular weight excluding hydrogens is 720 g/mol. The first kappa shape index (κ1) is 40.9. The Labute approximate surface area is 329 Å². The van der Waals surface area contributed by atoms with Crippen LogP contribution in [0, 0.1) is 5.41 Å². The summed E-state index contributed by atoms with van der Waals surface area (Å²) in [6.45, 7) is 13.7. The van der Waals surface area contributed by atoms with E-state index in [1.54, 1.807) is 20.8 Å². The molecule has 304 valence electrons. The summed E-state index contributed by atoms with van der Waals surface area (Å²) in [5.41, 5.74) is 2.07. The Hall–Kier alpha value is -3.27. The number of ether oxygens (including phenoxy) is 11. The summed E-state index contributed by atoms with van der Waals surface area (Å²) >= 11 is 0. The molecule has 12 nitrogen and oxygen atoms in total. The number of hydrogen-bond acceptors (Lipinski definition) is 12. The van der Waals surface area contributed by atoms with Crippen LogP contribution in [0.15, 0.2) is 91.0 Å². The van der Waals surface area contributed by atoms with Crippen LogP contribution in [0.2, 0.25) is 0 Å². The number of esters is 1. The van der Waals surface area contributed by atoms with Gasteiger partial charge in [0.2, 0.25) is 0 Å². The topological polar surface area (TPSA) is 119 Å². The van der Waals surface area contributed by atoms with Crippen molar-refractivity contribution in [1.82, 2.24) is 0 Å². The van der Waals surface area contributed by atoms with Gasteiger partial charge in [0.15, 0.2) is 30.3 Å². The Kier molecular flexibility index (Phi) is 12.6. The largest absolute Gasteiger partial charge is 0.454 e. The van der Waals surface area contributed by atoms with Crippen molar-refractivity contribution in [2.75, 3.05) is 13.2 Å². The van der Waals surface area contributed by atoms with Gasteiger partial charge in [-0.25, -0.2) is 0 Å². The molecular formula is C44H56O12. The van der Waals surface area contributed by atoms with Gasteiger partial charge in [-0.2, -0.15) is 0 Å². The lowest BCUT2D eigenvalue weighted by Gasteiger charge is -2.46. The molecule has 0 amide bonds. The lowest BCUT2D eigenvalue weighted by molar-refractivity contribution is -0.331. The van der Waals surface area contributed by atoms with Crippen LogP contribution in [0.3, 0.4) is 0 Å². The standard InChI is InChI=1S/C44H56O12/c1-42(2,3)41(45)52-37-35(48-25-30-21-15-10-16-22-30)33(47-24-29-19-13-9-14-20-29)31(26-46-23-28-17-11-8-12-18-28)50-39(37)49-27-32-34-36(54-43(4,5)53-34)38-40(51-32)56-44(6,7)55-38/h8-22,31-40H,23-27H2,1-7H3/t31-,32-,33-,34+,35+,36-,37-,38-,39-,40-/m1/s1. The van der Waals surface area contributed by atoms with Gasteiger partial charge in [0.25, 0.3) is 0 Å². The maximum atomic E-state index is 13.8. The van der Waals surface area contributed by atoms with Crippen LogP contribution in [-0.4, -0.2) is 92.2 Å². The summed E-state index contributed by atoms with van der Waals surface area (Å²) < 4.78 is 71.1. The Morgan fingerprint density at radius 1 is 0.571 bits per heavy atom. The second kappa shape index (κ2) is 17.3. The monoisotopic (exact) mass is 776 g/mol. The molecule has 4 heterocycles. The Bertz CT molecular complexity index is 1700. The minimum atomic E-state index is -1.11. The number of carbonyl (C=O) groups excluding carboxylic acids is 1. The third-order valence-electron chi connectivity index (χ3n) is 10.1. The minimum absolute atomic E-state index is 0.0135. The molecule has 0 unspecified atom stereocenters. The van der Waals surface area contributed by atoms with Crippen molar-refractivity contribution in [2.24, 2.45) is 5.41 Å². The Morgan fingerprint density at radius 3 is 1.68 bits per heavy atom. The van der Waals surface area contributed by atoms with Crippen LogP contribution in [-0.2, 0) is 76.7 Å². The van der Waals surface area contributed by atoms with E-state index in [1.807, 2.05) is 119 Å². The van der Waals surface area contributed by atoms with E-state index in [-0.39, 0.29) is 26.4 Å². The maximum absolute atomic E-state index is 13.8. The van der Waals surface area contributed by atoms with E-state index >= 15 is 0 Å². The van der Waals surface area contributed by atoms with Gasteiger partial charge in [-0.1, -0.05) is 91.0 Å². The molecule has 4 saturated heterocycles. The Morgan fingerprint density at radius 2 is 1.09 bits per heavy atom. The summed E-state index contributed by atoms with van der Waals surface area (Å²) in [5, 5.41) is 0. The predicted molar refractivity (Wildman–Crippen MR) is 203 cm³/mol. The first-order chi connectivity index (χ1) is 26.7. The van der Waals surface area contributed by atoms with Gasteiger partial charge in [-0.3, -0.25) is 4.79 Å². The van der Waals surface area contributed by atoms with Gasteiger partial charge >= 0.3 is 5.97 Å². The van der Waals surface area contributed by atoms with Crippen LogP contribution in [0.4, 0.5) is 0 Å². The van der Waals surface area contributed by atoms with Gasteiger partial charge in [0.05, 0.1) is 38.4 Å². The molecule has 0 aromatic heterocycles. The molecule has 10 atom stereocenters. The molecule has 56 heavy (non-hydrogen) atoms. The van der Waals surface area contributed by atoms with Crippen molar-refractivity contribution in [3.63, 3.8) is 0 Å². The van der Waals surface area contributed by atoms with E-state index in [0.29, 0.717) is 6.61 Å². The number of rotatable bonds is 14. The van der Waals surface area contributed by atoms with Crippen molar-refractivity contribution < 1.29 is 56.9 Å². The van der Waals surface area contributed by atoms with E-state index in [0.717, 1.165) is 16.7 Å². The normalized spacial score (nSPS) is 32.1. The van der Waals surface area contributed by atoms with Crippen LogP contribution in [0.25, 0.3) is 0 Å². The highest BCUT2D eigenvalue weighted by Crippen LogP contribution is 2.44. The zero-order chi connectivity index (χ0) is 39.5. The average Bonchev–Trinajstić information content (AvgIpc) is 3.67. The average molecular weight is 777 g/mol. The minimum Gasteiger partial charge on any atom is -0.454 e. The predicted octanol–water partition coefficient (Wildman–Crippen LogP) is 6.47. The molecule has 7 rings (SSSR count). The third-order valence-corrected chi connectivity index (χ3v) is 10.1. The number of fused-ring (bicyclic) bond motifs is 3. The van der Waals surface area contributed by atoms with Gasteiger partial charge in [0, 0.05) is 0 Å². The van der Waals surface area contributed by atoms with E-state index in [4.69, 9.17) is 52.1 Å². The summed E-state index contributed by atoms with van der Waals surface area (Å²) in [4.78, 5) is 13.8. The zero-order valence-corrected chi connectivity index (χ0v) is 33.4. The van der Waals surface area contributed by atoms with Gasteiger partial charge in [0.1, 0.15) is 42.7 Å². The van der Waals surface area contributed by atoms with E-state index in [2.05, 4.69) is 0 Å². The molecule has 0 N–H and O–H groups in total. The van der Waals surface area contributed by atoms with Gasteiger partial charge in [-0.15, -0.1) is 0 Å². The molecule has 3 aromatic rings. The molecule has 4 aliphatic rings. The van der Waals surface area contributed by atoms with Crippen molar-refractivity contribution in [3.8, 4) is 0 Å². The fourth-order valence-electron chi connectivity index (χ4n) is 7.38. The first-order valence-corrected chi connectivity index (χ1v) is 19.5. The van der Waals surface area contributed by atoms with Crippen molar-refractivity contribution in [3.05, 3.63) is 108 Å². The molecule has 0 bridgehead atoms. The van der Waals surface area contributed by atoms with Crippen LogP contribution < -0.4 is 0 Å². The van der Waals surface area contributed by atoms with Crippen molar-refractivity contribution in [2.45, 2.75) is 141 Å². The summed E-state index contributed by atoms with van der Waals surface area (Å²) in [6.07, 6.45) is -7.30. The van der Waals surface area contributed by atoms with Crippen molar-refractivity contribution >= 4 is 5.97 Å². The molecule has 12 heteroatoms. The third kappa shape index (κ3) is 10.0. The number of carbonyl (C=O) groups is 1. The fourth-order valence-corrected chi connectivity index (χ4v) is 7.38. The molecule has 4 aliphatic heterocycles. The number of benzene rings is 3. The second-order valence-electron chi connectivity index (χ2n) is 16.7. The fraction of sp³-hybridized carbons (Fsp3) is 0.568. The Balaban J connectivity index is 1.19. The summed E-state index contributed by atoms with van der Waals surface area (Å²) in [5.74, 6) is -2.22. The van der Waals surface area contributed by atoms with Crippen LogP contribution >= 0.6 is 0 Å². The highest BCUT2D eigenvalue weighted by molar-refractivity contribution is 5.75. The first-order valence-electron chi connectivity index (χ1n) is 19.5. The lowest BCUT2D eigenvalue weighted by Crippen LogP contribution is -2.63. The van der Waals surface area contributed by atoms with E-state index < -0.39 is 84.4 Å². The van der Waals surface area contributed by atoms with E-state index in [1.165, 1.54) is 0 Å². The summed E-state index contributed by atoms with van der Waals surface area (Å²) in [6, 6.07) is 29.6. The lowest BCUT2D eigenvalue weighted by atomic mass is 9.95. The highest BCUT2D eigenvalue weighted by Gasteiger charge is 2.61. The van der Waals surface area contributed by atoms with Crippen LogP contribution in [0.1, 0.15) is 65.2 Å². The molecule has 0 spiro atoms.